The summed E-state index contributed by atoms with van der Waals surface area (Å²) in [5.74, 6) is -5.64. The minimum atomic E-state index is -1.81. The second kappa shape index (κ2) is 19.8. The van der Waals surface area contributed by atoms with Crippen molar-refractivity contribution in [1.82, 2.24) is 15.2 Å². The molecule has 3 aliphatic heterocycles. The Balaban J connectivity index is 0.00000794. The van der Waals surface area contributed by atoms with E-state index in [9.17, 15) is 29.1 Å². The number of benzene rings is 1. The van der Waals surface area contributed by atoms with Gasteiger partial charge in [-0.05, 0) is 84.8 Å². The van der Waals surface area contributed by atoms with Crippen molar-refractivity contribution in [2.75, 3.05) is 20.7 Å². The van der Waals surface area contributed by atoms with Gasteiger partial charge in [0, 0.05) is 29.4 Å². The molecule has 2 aromatic rings. The zero-order valence-electron chi connectivity index (χ0n) is 35.5. The molecule has 13 atom stereocenters. The number of fused-ring (bicyclic) bond motifs is 1. The summed E-state index contributed by atoms with van der Waals surface area (Å²) in [5, 5.41) is 14.3. The maximum Gasteiger partial charge on any atom is 0.509 e. The predicted molar refractivity (Wildman–Crippen MR) is 219 cm³/mol. The highest BCUT2D eigenvalue weighted by atomic mass is 16.8. The first-order valence-electron chi connectivity index (χ1n) is 20.2. The Bertz CT molecular complexity index is 1830. The second-order valence-electron chi connectivity index (χ2n) is 16.7. The number of aliphatic hydroxyl groups is 1. The minimum absolute atomic E-state index is 0. The van der Waals surface area contributed by atoms with Crippen LogP contribution in [0, 0.1) is 23.7 Å². The summed E-state index contributed by atoms with van der Waals surface area (Å²) in [6, 6.07) is 6.06. The van der Waals surface area contributed by atoms with Gasteiger partial charge in [0.2, 0.25) is 5.89 Å². The lowest BCUT2D eigenvalue weighted by molar-refractivity contribution is -0.293. The van der Waals surface area contributed by atoms with Crippen LogP contribution in [0.25, 0.3) is 17.5 Å². The molecular formula is C44H63N3O13. The molecule has 2 N–H and O–H groups in total. The van der Waals surface area contributed by atoms with Crippen molar-refractivity contribution in [3.05, 3.63) is 48.4 Å². The Labute approximate surface area is 352 Å². The van der Waals surface area contributed by atoms with Crippen LogP contribution in [0.2, 0.25) is 0 Å². The number of hydrogen-bond donors (Lipinski definition) is 2. The summed E-state index contributed by atoms with van der Waals surface area (Å²) in [6.07, 6.45) is -0.241. The molecule has 1 aromatic heterocycles. The first-order valence-corrected chi connectivity index (χ1v) is 20.2. The average molecular weight is 842 g/mol. The Hall–Kier alpha value is -4.64. The van der Waals surface area contributed by atoms with Gasteiger partial charge in [-0.2, -0.15) is 0 Å². The molecule has 60 heavy (non-hydrogen) atoms. The summed E-state index contributed by atoms with van der Waals surface area (Å²) in [7, 11) is 3.63. The van der Waals surface area contributed by atoms with Gasteiger partial charge in [-0.15, -0.1) is 0 Å². The summed E-state index contributed by atoms with van der Waals surface area (Å²) < 4.78 is 41.3. The second-order valence-corrected chi connectivity index (χ2v) is 16.7. The van der Waals surface area contributed by atoms with Gasteiger partial charge in [0.15, 0.2) is 17.7 Å². The SMILES string of the molecule is C.CC[C@H]1OC(=O)[C@H](C)C(=O)[C@H](C)[C@@H](O[C@@H]2O[C@H](C)C[C@H](N(C)C)[C@H]2O)[C@](C)(OC(=O)OC/C=C/c2ccc(-c3ncco3)cc2)C[C@@H](C)C(=O)[C@H](C)[C@H]2NC(=O)O[C@@]21C. The van der Waals surface area contributed by atoms with Crippen molar-refractivity contribution in [3.8, 4) is 11.5 Å². The number of cyclic esters (lactones) is 1. The smallest absolute Gasteiger partial charge is 0.458 e. The lowest BCUT2D eigenvalue weighted by atomic mass is 9.73. The summed E-state index contributed by atoms with van der Waals surface area (Å²) in [4.78, 5) is 75.0. The number of ketones is 2. The fourth-order valence-corrected chi connectivity index (χ4v) is 8.71. The number of oxazole rings is 1. The molecule has 0 aliphatic carbocycles. The molecular weight excluding hydrogens is 778 g/mol. The molecule has 3 fully saturated rings. The first kappa shape index (κ1) is 48.0. The largest absolute Gasteiger partial charge is 0.509 e. The molecule has 1 amide bonds. The van der Waals surface area contributed by atoms with E-state index in [2.05, 4.69) is 10.3 Å². The van der Waals surface area contributed by atoms with Crippen molar-refractivity contribution in [2.45, 2.75) is 136 Å². The van der Waals surface area contributed by atoms with Gasteiger partial charge in [0.05, 0.1) is 18.3 Å². The van der Waals surface area contributed by atoms with Crippen LogP contribution in [0.15, 0.2) is 47.2 Å². The van der Waals surface area contributed by atoms with Crippen LogP contribution in [0.1, 0.15) is 87.6 Å². The van der Waals surface area contributed by atoms with Gasteiger partial charge >= 0.3 is 18.2 Å². The number of rotatable bonds is 9. The van der Waals surface area contributed by atoms with Crippen LogP contribution in [0.4, 0.5) is 9.59 Å². The van der Waals surface area contributed by atoms with Gasteiger partial charge in [-0.25, -0.2) is 14.6 Å². The van der Waals surface area contributed by atoms with Crippen molar-refractivity contribution in [2.24, 2.45) is 23.7 Å². The van der Waals surface area contributed by atoms with Gasteiger partial charge in [0.25, 0.3) is 0 Å². The van der Waals surface area contributed by atoms with Crippen LogP contribution < -0.4 is 5.32 Å². The molecule has 16 heteroatoms. The van der Waals surface area contributed by atoms with E-state index in [0.717, 1.165) is 11.1 Å². The van der Waals surface area contributed by atoms with Crippen molar-refractivity contribution in [1.29, 1.82) is 0 Å². The zero-order valence-corrected chi connectivity index (χ0v) is 35.5. The highest BCUT2D eigenvalue weighted by Crippen LogP contribution is 2.40. The number of nitrogens with zero attached hydrogens (tertiary/aromatic N) is 2. The Morgan fingerprint density at radius 1 is 1.03 bits per heavy atom. The number of amides is 1. The van der Waals surface area contributed by atoms with E-state index in [4.69, 9.17) is 32.8 Å². The maximum atomic E-state index is 14.4. The lowest BCUT2D eigenvalue weighted by Gasteiger charge is -2.46. The molecule has 3 saturated heterocycles. The average Bonchev–Trinajstić information content (AvgIpc) is 3.84. The Morgan fingerprint density at radius 3 is 2.33 bits per heavy atom. The van der Waals surface area contributed by atoms with E-state index >= 15 is 0 Å². The molecule has 16 nitrogen and oxygen atoms in total. The van der Waals surface area contributed by atoms with Crippen molar-refractivity contribution in [3.63, 3.8) is 0 Å². The van der Waals surface area contributed by atoms with Crippen LogP contribution in [-0.2, 0) is 42.8 Å². The third-order valence-corrected chi connectivity index (χ3v) is 12.0. The summed E-state index contributed by atoms with van der Waals surface area (Å²) >= 11 is 0. The monoisotopic (exact) mass is 841 g/mol. The Kier molecular flexibility index (Phi) is 15.9. The normalized spacial score (nSPS) is 35.4. The number of carbonyl (C=O) groups is 5. The van der Waals surface area contributed by atoms with E-state index < -0.39 is 95.6 Å². The number of nitrogens with one attached hydrogen (secondary N) is 1. The fraction of sp³-hybridized carbons (Fsp3) is 0.636. The van der Waals surface area contributed by atoms with Gasteiger partial charge in [0.1, 0.15) is 48.5 Å². The molecule has 5 rings (SSSR count). The van der Waals surface area contributed by atoms with E-state index in [0.29, 0.717) is 12.3 Å². The predicted octanol–water partition coefficient (Wildman–Crippen LogP) is 5.99. The number of Topliss-reactive ketones (excluding diaryl/α,β-unsaturated/α-hetero) is 2. The quantitative estimate of drug-likeness (QED) is 0.169. The third kappa shape index (κ3) is 10.4. The topological polar surface area (TPSA) is 202 Å². The third-order valence-electron chi connectivity index (χ3n) is 12.0. The van der Waals surface area contributed by atoms with Crippen molar-refractivity contribution >= 4 is 35.9 Å². The minimum Gasteiger partial charge on any atom is -0.458 e. The number of esters is 1. The number of hydrogen-bond acceptors (Lipinski definition) is 15. The van der Waals surface area contributed by atoms with Crippen LogP contribution in [-0.4, -0.2) is 119 Å². The van der Waals surface area contributed by atoms with Gasteiger partial charge in [-0.3, -0.25) is 14.4 Å². The standard InChI is InChI=1S/C43H59N3O13.CH4/c1-11-31-43(8)35(45-40(51)58-43)25(4)32(47)23(2)22-42(7,59-41(52)54-19-12-13-28-14-16-29(17-15-28)37-44-18-20-53-37)36(26(5)33(48)27(6)38(50)56-31)57-39-34(49)30(46(9)10)21-24(3)55-39;/h12-18,20,23-27,30-31,34-36,39,49H,11,19,21-22H2,1-10H3,(H,45,51);1H4/b13-12+;/t23-,24-,25+,26+,27-,30+,31-,34-,35-,36-,39+,42-,43-;/m1./s1. The number of alkyl carbamates (subject to hydrolysis) is 1. The molecule has 0 spiro atoms. The van der Waals surface area contributed by atoms with E-state index in [1.165, 1.54) is 27.0 Å². The lowest BCUT2D eigenvalue weighted by Crippen LogP contribution is -2.60. The van der Waals surface area contributed by atoms with Crippen LogP contribution in [0.3, 0.4) is 0 Å². The number of carbonyl (C=O) groups excluding carboxylic acids is 5. The van der Waals surface area contributed by atoms with Gasteiger partial charge in [-0.1, -0.05) is 53.3 Å². The molecule has 0 bridgehead atoms. The fourth-order valence-electron chi connectivity index (χ4n) is 8.71. The van der Waals surface area contributed by atoms with Crippen LogP contribution in [0.5, 0.6) is 0 Å². The molecule has 0 radical (unpaired) electrons. The summed E-state index contributed by atoms with van der Waals surface area (Å²) in [5.41, 5.74) is -1.66. The summed E-state index contributed by atoms with van der Waals surface area (Å²) in [6.45, 7) is 12.7. The van der Waals surface area contributed by atoms with E-state index in [-0.39, 0.29) is 38.8 Å². The number of likely N-dealkylation sites (N-methyl/N-ethyl adjacent to an activating group) is 1. The Morgan fingerprint density at radius 2 is 1.72 bits per heavy atom. The van der Waals surface area contributed by atoms with Crippen molar-refractivity contribution < 1.29 is 61.9 Å². The number of aromatic nitrogens is 1. The first-order chi connectivity index (χ1) is 27.8. The molecule has 0 unspecified atom stereocenters. The van der Waals surface area contributed by atoms with Crippen LogP contribution >= 0.6 is 0 Å². The maximum absolute atomic E-state index is 14.4. The van der Waals surface area contributed by atoms with E-state index in [1.54, 1.807) is 46.0 Å². The number of ether oxygens (including phenoxy) is 6. The molecule has 1 aromatic carbocycles. The highest BCUT2D eigenvalue weighted by Gasteiger charge is 2.57. The molecule has 0 saturated carbocycles. The zero-order chi connectivity index (χ0) is 43.4. The molecule has 4 heterocycles. The molecule has 332 valence electrons. The van der Waals surface area contributed by atoms with Gasteiger partial charge < -0.3 is 48.2 Å². The highest BCUT2D eigenvalue weighted by molar-refractivity contribution is 6.00. The molecule has 3 aliphatic rings. The number of aliphatic hydroxyl groups excluding tert-OH is 1. The van der Waals surface area contributed by atoms with E-state index in [1.807, 2.05) is 50.2 Å².